The molecule has 0 saturated heterocycles. The molecule has 4 heteroatoms. The van der Waals surface area contributed by atoms with Crippen molar-refractivity contribution in [3.8, 4) is 5.75 Å². The monoisotopic (exact) mass is 274 g/mol. The summed E-state index contributed by atoms with van der Waals surface area (Å²) in [6.07, 6.45) is 1.62. The van der Waals surface area contributed by atoms with E-state index in [2.05, 4.69) is 6.92 Å². The van der Waals surface area contributed by atoms with Gasteiger partial charge in [0.2, 0.25) is 0 Å². The molecule has 0 aliphatic rings. The van der Waals surface area contributed by atoms with Crippen LogP contribution in [0, 0.1) is 5.92 Å². The van der Waals surface area contributed by atoms with E-state index < -0.39 is 0 Å². The molecule has 1 rings (SSSR count). The van der Waals surface area contributed by atoms with Gasteiger partial charge in [-0.15, -0.1) is 0 Å². The molecule has 1 unspecified atom stereocenters. The second kappa shape index (κ2) is 8.40. The molecule has 0 N–H and O–H groups in total. The number of hydrogen-bond acceptors (Lipinski definition) is 2. The van der Waals surface area contributed by atoms with Gasteiger partial charge in [0.1, 0.15) is 10.2 Å². The lowest BCUT2D eigenvalue weighted by Gasteiger charge is -2.12. The first-order valence-corrected chi connectivity index (χ1v) is 6.21. The van der Waals surface area contributed by atoms with E-state index in [1.54, 1.807) is 6.08 Å². The lowest BCUT2D eigenvalue weighted by atomic mass is 10.2. The summed E-state index contributed by atoms with van der Waals surface area (Å²) in [6, 6.07) is 9.72. The van der Waals surface area contributed by atoms with E-state index in [9.17, 15) is 0 Å². The Morgan fingerprint density at radius 3 is 2.59 bits per heavy atom. The first-order chi connectivity index (χ1) is 8.18. The Kier molecular flexibility index (Phi) is 7.10. The van der Waals surface area contributed by atoms with Gasteiger partial charge in [0.05, 0.1) is 19.8 Å². The van der Waals surface area contributed by atoms with Crippen molar-refractivity contribution < 1.29 is 9.47 Å². The van der Waals surface area contributed by atoms with Crippen LogP contribution in [0.2, 0.25) is 0 Å². The highest BCUT2D eigenvalue weighted by molar-refractivity contribution is 6.55. The van der Waals surface area contributed by atoms with Gasteiger partial charge in [0.15, 0.2) is 0 Å². The van der Waals surface area contributed by atoms with E-state index in [-0.39, 0.29) is 4.49 Å². The Hall–Kier alpha value is -0.700. The van der Waals surface area contributed by atoms with Crippen LogP contribution < -0.4 is 4.74 Å². The van der Waals surface area contributed by atoms with Crippen LogP contribution in [-0.2, 0) is 4.74 Å². The normalized spacial score (nSPS) is 11.9. The first kappa shape index (κ1) is 14.4. The molecule has 0 aliphatic carbocycles. The molecule has 17 heavy (non-hydrogen) atoms. The Morgan fingerprint density at radius 2 is 1.94 bits per heavy atom. The minimum atomic E-state index is 0.234. The zero-order chi connectivity index (χ0) is 12.5. The summed E-state index contributed by atoms with van der Waals surface area (Å²) in [4.78, 5) is 0. The van der Waals surface area contributed by atoms with Crippen LogP contribution in [0.5, 0.6) is 5.75 Å². The maximum Gasteiger partial charge on any atom is 0.119 e. The van der Waals surface area contributed by atoms with Crippen molar-refractivity contribution in [2.24, 2.45) is 5.92 Å². The van der Waals surface area contributed by atoms with Crippen molar-refractivity contribution >= 4 is 23.2 Å². The Balaban J connectivity index is 2.13. The zero-order valence-corrected chi connectivity index (χ0v) is 11.2. The highest BCUT2D eigenvalue weighted by atomic mass is 35.5. The summed E-state index contributed by atoms with van der Waals surface area (Å²) in [5.74, 6) is 1.20. The summed E-state index contributed by atoms with van der Waals surface area (Å²) in [5, 5.41) is 0. The lowest BCUT2D eigenvalue weighted by molar-refractivity contribution is 0.104. The number of para-hydroxylation sites is 1. The molecule has 0 aromatic heterocycles. The van der Waals surface area contributed by atoms with E-state index in [0.717, 1.165) is 5.75 Å². The smallest absolute Gasteiger partial charge is 0.119 e. The highest BCUT2D eigenvalue weighted by Crippen LogP contribution is 2.10. The summed E-state index contributed by atoms with van der Waals surface area (Å²) < 4.78 is 11.2. The van der Waals surface area contributed by atoms with Gasteiger partial charge in [0.25, 0.3) is 0 Å². The molecule has 0 bridgehead atoms. The highest BCUT2D eigenvalue weighted by Gasteiger charge is 2.03. The maximum atomic E-state index is 5.60. The Labute approximate surface area is 112 Å². The minimum Gasteiger partial charge on any atom is -0.493 e. The van der Waals surface area contributed by atoms with E-state index in [0.29, 0.717) is 25.7 Å². The van der Waals surface area contributed by atoms with E-state index in [4.69, 9.17) is 32.7 Å². The van der Waals surface area contributed by atoms with Gasteiger partial charge in [-0.05, 0) is 18.2 Å². The number of ether oxygens (including phenoxy) is 2. The van der Waals surface area contributed by atoms with Crippen molar-refractivity contribution in [1.82, 2.24) is 0 Å². The molecule has 0 radical (unpaired) electrons. The molecule has 0 saturated carbocycles. The fourth-order valence-electron chi connectivity index (χ4n) is 1.19. The molecule has 0 aliphatic heterocycles. The van der Waals surface area contributed by atoms with Crippen molar-refractivity contribution in [3.05, 3.63) is 40.9 Å². The molecule has 0 fully saturated rings. The average molecular weight is 275 g/mol. The van der Waals surface area contributed by atoms with Gasteiger partial charge in [-0.2, -0.15) is 0 Å². The standard InChI is InChI=1S/C13H16Cl2O2/c1-11(9-16-8-7-13(14)15)10-17-12-5-3-2-4-6-12/h2-7,11H,8-10H2,1H3. The molecule has 0 heterocycles. The van der Waals surface area contributed by atoms with Crippen LogP contribution in [0.25, 0.3) is 0 Å². The molecule has 1 aromatic rings. The summed E-state index contributed by atoms with van der Waals surface area (Å²) in [5.41, 5.74) is 0. The predicted molar refractivity (Wildman–Crippen MR) is 71.7 cm³/mol. The second-order valence-corrected chi connectivity index (χ2v) is 4.77. The molecular weight excluding hydrogens is 259 g/mol. The van der Waals surface area contributed by atoms with Crippen LogP contribution in [-0.4, -0.2) is 19.8 Å². The summed E-state index contributed by atoms with van der Waals surface area (Å²) in [6.45, 7) is 3.74. The largest absolute Gasteiger partial charge is 0.493 e. The van der Waals surface area contributed by atoms with Crippen molar-refractivity contribution in [2.45, 2.75) is 6.92 Å². The van der Waals surface area contributed by atoms with E-state index >= 15 is 0 Å². The van der Waals surface area contributed by atoms with Crippen LogP contribution in [0.1, 0.15) is 6.92 Å². The SMILES string of the molecule is CC(COCC=C(Cl)Cl)COc1ccccc1. The van der Waals surface area contributed by atoms with Crippen LogP contribution in [0.3, 0.4) is 0 Å². The fraction of sp³-hybridized carbons (Fsp3) is 0.385. The van der Waals surface area contributed by atoms with Gasteiger partial charge in [-0.3, -0.25) is 0 Å². The number of hydrogen-bond donors (Lipinski definition) is 0. The first-order valence-electron chi connectivity index (χ1n) is 5.45. The molecule has 1 aromatic carbocycles. The Morgan fingerprint density at radius 1 is 1.24 bits per heavy atom. The predicted octanol–water partition coefficient (Wildman–Crippen LogP) is 4.04. The molecule has 1 atom stereocenters. The molecule has 2 nitrogen and oxygen atoms in total. The fourth-order valence-corrected chi connectivity index (χ4v) is 1.32. The topological polar surface area (TPSA) is 18.5 Å². The molecule has 0 amide bonds. The van der Waals surface area contributed by atoms with Crippen molar-refractivity contribution in [3.63, 3.8) is 0 Å². The number of benzene rings is 1. The van der Waals surface area contributed by atoms with Crippen LogP contribution in [0.15, 0.2) is 40.9 Å². The third kappa shape index (κ3) is 7.27. The summed E-state index contributed by atoms with van der Waals surface area (Å²) in [7, 11) is 0. The van der Waals surface area contributed by atoms with Gasteiger partial charge in [0, 0.05) is 5.92 Å². The van der Waals surface area contributed by atoms with E-state index in [1.165, 1.54) is 0 Å². The maximum absolute atomic E-state index is 5.60. The number of halogens is 2. The van der Waals surface area contributed by atoms with Gasteiger partial charge in [-0.1, -0.05) is 48.3 Å². The lowest BCUT2D eigenvalue weighted by Crippen LogP contribution is -2.14. The van der Waals surface area contributed by atoms with Gasteiger partial charge in [-0.25, -0.2) is 0 Å². The minimum absolute atomic E-state index is 0.234. The Bertz CT molecular complexity index is 335. The van der Waals surface area contributed by atoms with Crippen LogP contribution in [0.4, 0.5) is 0 Å². The molecule has 94 valence electrons. The molecular formula is C13H16Cl2O2. The molecule has 0 spiro atoms. The van der Waals surface area contributed by atoms with Gasteiger partial charge < -0.3 is 9.47 Å². The van der Waals surface area contributed by atoms with Crippen molar-refractivity contribution in [1.29, 1.82) is 0 Å². The van der Waals surface area contributed by atoms with E-state index in [1.807, 2.05) is 30.3 Å². The quantitative estimate of drug-likeness (QED) is 0.699. The zero-order valence-electron chi connectivity index (χ0n) is 9.74. The average Bonchev–Trinajstić information content (AvgIpc) is 2.33. The number of rotatable bonds is 7. The summed E-state index contributed by atoms with van der Waals surface area (Å²) >= 11 is 10.9. The third-order valence-electron chi connectivity index (χ3n) is 2.04. The third-order valence-corrected chi connectivity index (χ3v) is 2.34. The van der Waals surface area contributed by atoms with Gasteiger partial charge >= 0.3 is 0 Å². The second-order valence-electron chi connectivity index (χ2n) is 3.76. The van der Waals surface area contributed by atoms with Crippen molar-refractivity contribution in [2.75, 3.05) is 19.8 Å². The van der Waals surface area contributed by atoms with Crippen LogP contribution >= 0.6 is 23.2 Å².